The summed E-state index contributed by atoms with van der Waals surface area (Å²) in [4.78, 5) is 13.7. The van der Waals surface area contributed by atoms with E-state index in [1.165, 1.54) is 4.88 Å². The van der Waals surface area contributed by atoms with Crippen LogP contribution < -0.4 is 5.32 Å². The smallest absolute Gasteiger partial charge is 0.256 e. The van der Waals surface area contributed by atoms with E-state index in [1.54, 1.807) is 17.4 Å². The van der Waals surface area contributed by atoms with E-state index in [-0.39, 0.29) is 5.91 Å². The zero-order chi connectivity index (χ0) is 15.7. The van der Waals surface area contributed by atoms with Gasteiger partial charge in [-0.2, -0.15) is 5.26 Å². The molecule has 1 aliphatic rings. The molecule has 1 aliphatic carbocycles. The SMILES string of the molecule is Cc1cccc(C(=O)Nc2sc3c(c2C#N)C[C@@H](C)CC3)c1. The van der Waals surface area contributed by atoms with E-state index >= 15 is 0 Å². The molecule has 1 N–H and O–H groups in total. The third kappa shape index (κ3) is 2.77. The topological polar surface area (TPSA) is 52.9 Å². The number of nitrogens with zero attached hydrogens (tertiary/aromatic N) is 1. The minimum Gasteiger partial charge on any atom is -0.312 e. The summed E-state index contributed by atoms with van der Waals surface area (Å²) in [6, 6.07) is 9.77. The van der Waals surface area contributed by atoms with E-state index in [0.717, 1.165) is 30.4 Å². The zero-order valence-electron chi connectivity index (χ0n) is 12.8. The third-order valence-electron chi connectivity index (χ3n) is 4.13. The lowest BCUT2D eigenvalue weighted by Gasteiger charge is -2.17. The van der Waals surface area contributed by atoms with Crippen molar-refractivity contribution in [1.29, 1.82) is 5.26 Å². The lowest BCUT2D eigenvalue weighted by molar-refractivity contribution is 0.102. The Hall–Kier alpha value is -2.12. The van der Waals surface area contributed by atoms with Gasteiger partial charge in [0.2, 0.25) is 0 Å². The van der Waals surface area contributed by atoms with Gasteiger partial charge in [-0.15, -0.1) is 11.3 Å². The number of amides is 1. The molecule has 1 atom stereocenters. The van der Waals surface area contributed by atoms with Gasteiger partial charge in [0.1, 0.15) is 11.1 Å². The van der Waals surface area contributed by atoms with E-state index in [9.17, 15) is 10.1 Å². The van der Waals surface area contributed by atoms with Gasteiger partial charge < -0.3 is 5.32 Å². The Morgan fingerprint density at radius 2 is 2.27 bits per heavy atom. The van der Waals surface area contributed by atoms with Crippen LogP contribution in [0, 0.1) is 24.2 Å². The number of anilines is 1. The highest BCUT2D eigenvalue weighted by Crippen LogP contribution is 2.39. The number of aryl methyl sites for hydroxylation is 2. The maximum Gasteiger partial charge on any atom is 0.256 e. The van der Waals surface area contributed by atoms with Crippen LogP contribution in [0.15, 0.2) is 24.3 Å². The molecule has 0 saturated carbocycles. The molecule has 22 heavy (non-hydrogen) atoms. The van der Waals surface area contributed by atoms with Crippen LogP contribution in [0.3, 0.4) is 0 Å². The first-order chi connectivity index (χ1) is 10.6. The van der Waals surface area contributed by atoms with Gasteiger partial charge in [0.05, 0.1) is 5.56 Å². The Balaban J connectivity index is 1.90. The van der Waals surface area contributed by atoms with Crippen LogP contribution in [-0.2, 0) is 12.8 Å². The predicted molar refractivity (Wildman–Crippen MR) is 89.4 cm³/mol. The average molecular weight is 310 g/mol. The zero-order valence-corrected chi connectivity index (χ0v) is 13.6. The van der Waals surface area contributed by atoms with Crippen molar-refractivity contribution >= 4 is 22.2 Å². The van der Waals surface area contributed by atoms with Crippen molar-refractivity contribution in [2.24, 2.45) is 5.92 Å². The van der Waals surface area contributed by atoms with Crippen LogP contribution in [0.1, 0.15) is 45.3 Å². The highest BCUT2D eigenvalue weighted by atomic mass is 32.1. The van der Waals surface area contributed by atoms with Crippen LogP contribution in [0.4, 0.5) is 5.00 Å². The number of nitriles is 1. The Labute approximate surface area is 134 Å². The summed E-state index contributed by atoms with van der Waals surface area (Å²) in [5.41, 5.74) is 3.48. The minimum atomic E-state index is -0.146. The maximum atomic E-state index is 12.4. The fourth-order valence-electron chi connectivity index (χ4n) is 2.93. The molecule has 4 heteroatoms. The number of benzene rings is 1. The normalized spacial score (nSPS) is 16.7. The van der Waals surface area contributed by atoms with E-state index in [1.807, 2.05) is 25.1 Å². The monoisotopic (exact) mass is 310 g/mol. The van der Waals surface area contributed by atoms with Crippen molar-refractivity contribution in [3.8, 4) is 6.07 Å². The van der Waals surface area contributed by atoms with Crippen LogP contribution in [0.2, 0.25) is 0 Å². The lowest BCUT2D eigenvalue weighted by atomic mass is 9.88. The molecule has 2 aromatic rings. The van der Waals surface area contributed by atoms with Crippen molar-refractivity contribution in [3.63, 3.8) is 0 Å². The van der Waals surface area contributed by atoms with Gasteiger partial charge in [-0.3, -0.25) is 4.79 Å². The number of hydrogen-bond donors (Lipinski definition) is 1. The molecule has 1 aromatic carbocycles. The fraction of sp³-hybridized carbons (Fsp3) is 0.333. The van der Waals surface area contributed by atoms with Crippen LogP contribution >= 0.6 is 11.3 Å². The number of rotatable bonds is 2. The number of fused-ring (bicyclic) bond motifs is 1. The second-order valence-corrected chi connectivity index (χ2v) is 7.10. The first-order valence-electron chi connectivity index (χ1n) is 7.51. The second-order valence-electron chi connectivity index (χ2n) is 5.99. The summed E-state index contributed by atoms with van der Waals surface area (Å²) in [5, 5.41) is 13.1. The highest BCUT2D eigenvalue weighted by Gasteiger charge is 2.24. The molecule has 0 aliphatic heterocycles. The lowest BCUT2D eigenvalue weighted by Crippen LogP contribution is -2.12. The number of carbonyl (C=O) groups excluding carboxylic acids is 1. The molecule has 0 radical (unpaired) electrons. The van der Waals surface area contributed by atoms with Gasteiger partial charge in [0, 0.05) is 10.4 Å². The summed E-state index contributed by atoms with van der Waals surface area (Å²) in [5.74, 6) is 0.460. The summed E-state index contributed by atoms with van der Waals surface area (Å²) in [6.45, 7) is 4.18. The summed E-state index contributed by atoms with van der Waals surface area (Å²) in [7, 11) is 0. The van der Waals surface area contributed by atoms with Gasteiger partial charge >= 0.3 is 0 Å². The molecule has 0 fully saturated rings. The molecule has 0 spiro atoms. The van der Waals surface area contributed by atoms with Crippen molar-refractivity contribution in [3.05, 3.63) is 51.4 Å². The van der Waals surface area contributed by atoms with Crippen molar-refractivity contribution < 1.29 is 4.79 Å². The van der Waals surface area contributed by atoms with Gasteiger partial charge in [0.25, 0.3) is 5.91 Å². The number of nitrogens with one attached hydrogen (secondary N) is 1. The minimum absolute atomic E-state index is 0.146. The van der Waals surface area contributed by atoms with Crippen LogP contribution in [0.25, 0.3) is 0 Å². The van der Waals surface area contributed by atoms with Gasteiger partial charge in [-0.25, -0.2) is 0 Å². The molecule has 0 bridgehead atoms. The van der Waals surface area contributed by atoms with Gasteiger partial charge in [-0.1, -0.05) is 24.6 Å². The Bertz CT molecular complexity index is 770. The molecule has 112 valence electrons. The summed E-state index contributed by atoms with van der Waals surface area (Å²) < 4.78 is 0. The molecular formula is C18H18N2OS. The third-order valence-corrected chi connectivity index (χ3v) is 5.33. The Kier molecular flexibility index (Phi) is 4.00. The predicted octanol–water partition coefficient (Wildman–Crippen LogP) is 4.31. The van der Waals surface area contributed by atoms with Crippen LogP contribution in [-0.4, -0.2) is 5.91 Å². The number of hydrogen-bond acceptors (Lipinski definition) is 3. The molecule has 1 heterocycles. The largest absolute Gasteiger partial charge is 0.312 e. The van der Waals surface area contributed by atoms with Crippen molar-refractivity contribution in [2.75, 3.05) is 5.32 Å². The molecule has 1 amide bonds. The van der Waals surface area contributed by atoms with Gasteiger partial charge in [0.15, 0.2) is 0 Å². The van der Waals surface area contributed by atoms with E-state index in [4.69, 9.17) is 0 Å². The van der Waals surface area contributed by atoms with Crippen molar-refractivity contribution in [2.45, 2.75) is 33.1 Å². The van der Waals surface area contributed by atoms with E-state index in [2.05, 4.69) is 18.3 Å². The Morgan fingerprint density at radius 3 is 3.00 bits per heavy atom. The fourth-order valence-corrected chi connectivity index (χ4v) is 4.12. The molecule has 0 saturated heterocycles. The van der Waals surface area contributed by atoms with Crippen LogP contribution in [0.5, 0.6) is 0 Å². The molecule has 3 rings (SSSR count). The maximum absolute atomic E-state index is 12.4. The quantitative estimate of drug-likeness (QED) is 0.899. The van der Waals surface area contributed by atoms with E-state index < -0.39 is 0 Å². The molecule has 1 aromatic heterocycles. The number of thiophene rings is 1. The highest BCUT2D eigenvalue weighted by molar-refractivity contribution is 7.16. The first-order valence-corrected chi connectivity index (χ1v) is 8.32. The number of carbonyl (C=O) groups is 1. The summed E-state index contributed by atoms with van der Waals surface area (Å²) in [6.07, 6.45) is 3.11. The average Bonchev–Trinajstić information content (AvgIpc) is 2.83. The molecule has 0 unspecified atom stereocenters. The second kappa shape index (κ2) is 5.94. The van der Waals surface area contributed by atoms with Crippen molar-refractivity contribution in [1.82, 2.24) is 0 Å². The molecular weight excluding hydrogens is 292 g/mol. The Morgan fingerprint density at radius 1 is 1.45 bits per heavy atom. The first kappa shape index (κ1) is 14.8. The van der Waals surface area contributed by atoms with E-state index in [0.29, 0.717) is 22.0 Å². The standard InChI is InChI=1S/C18H18N2OS/c1-11-4-3-5-13(8-11)17(21)20-18-15(10-19)14-9-12(2)6-7-16(14)22-18/h3-5,8,12H,6-7,9H2,1-2H3,(H,20,21)/t12-/m0/s1. The van der Waals surface area contributed by atoms with Gasteiger partial charge in [-0.05, 0) is 49.8 Å². The molecule has 3 nitrogen and oxygen atoms in total. The summed E-state index contributed by atoms with van der Waals surface area (Å²) >= 11 is 1.56.